The molecule has 2 aromatic heterocycles. The third-order valence-electron chi connectivity index (χ3n) is 3.35. The third-order valence-corrected chi connectivity index (χ3v) is 4.02. The van der Waals surface area contributed by atoms with E-state index < -0.39 is 0 Å². The maximum absolute atomic E-state index is 5.86. The van der Waals surface area contributed by atoms with E-state index in [1.807, 2.05) is 54.9 Å². The molecule has 0 amide bonds. The van der Waals surface area contributed by atoms with Gasteiger partial charge in [-0.15, -0.1) is 0 Å². The Hall–Kier alpha value is -2.08. The van der Waals surface area contributed by atoms with Gasteiger partial charge in [0.15, 0.2) is 5.58 Å². The summed E-state index contributed by atoms with van der Waals surface area (Å²) in [6, 6.07) is 18.2. The minimum absolute atomic E-state index is 0.660. The van der Waals surface area contributed by atoms with Gasteiger partial charge < -0.3 is 8.98 Å². The number of hydrogen-bond donors (Lipinski definition) is 0. The highest BCUT2D eigenvalue weighted by atomic mass is 127. The lowest BCUT2D eigenvalue weighted by molar-refractivity contribution is 0.620. The molecule has 3 nitrogen and oxygen atoms in total. The first kappa shape index (κ1) is 12.6. The van der Waals surface area contributed by atoms with Crippen LogP contribution in [0.5, 0.6) is 0 Å². The zero-order chi connectivity index (χ0) is 14.2. The van der Waals surface area contributed by atoms with E-state index >= 15 is 0 Å². The fourth-order valence-electron chi connectivity index (χ4n) is 2.33. The minimum Gasteiger partial charge on any atom is -0.436 e. The summed E-state index contributed by atoms with van der Waals surface area (Å²) in [5, 5.41) is 0. The number of hydrogen-bond acceptors (Lipinski definition) is 2. The topological polar surface area (TPSA) is 31.0 Å². The van der Waals surface area contributed by atoms with Crippen LogP contribution < -0.4 is 0 Å². The van der Waals surface area contributed by atoms with E-state index in [-0.39, 0.29) is 0 Å². The molecule has 0 bridgehead atoms. The Morgan fingerprint density at radius 1 is 0.952 bits per heavy atom. The highest BCUT2D eigenvalue weighted by molar-refractivity contribution is 14.1. The zero-order valence-corrected chi connectivity index (χ0v) is 13.2. The molecule has 2 aromatic carbocycles. The molecule has 0 saturated heterocycles. The standard InChI is InChI=1S/C17H11IN2O/c18-13-5-3-4-12(10-13)17-19-15-11-14(6-7-16(15)21-17)20-8-1-2-9-20/h1-11H. The van der Waals surface area contributed by atoms with Gasteiger partial charge in [-0.05, 0) is 71.1 Å². The van der Waals surface area contributed by atoms with Crippen molar-refractivity contribution in [1.82, 2.24) is 9.55 Å². The van der Waals surface area contributed by atoms with Crippen molar-refractivity contribution < 1.29 is 4.42 Å². The second-order valence-corrected chi connectivity index (χ2v) is 6.02. The Balaban J connectivity index is 1.83. The van der Waals surface area contributed by atoms with Crippen molar-refractivity contribution >= 4 is 33.7 Å². The van der Waals surface area contributed by atoms with Gasteiger partial charge >= 0.3 is 0 Å². The fourth-order valence-corrected chi connectivity index (χ4v) is 2.87. The number of oxazole rings is 1. The number of aromatic nitrogens is 2. The summed E-state index contributed by atoms with van der Waals surface area (Å²) in [6.07, 6.45) is 4.03. The van der Waals surface area contributed by atoms with E-state index in [0.29, 0.717) is 5.89 Å². The molecular formula is C17H11IN2O. The SMILES string of the molecule is Ic1cccc(-c2nc3cc(-n4cccc4)ccc3o2)c1. The summed E-state index contributed by atoms with van der Waals surface area (Å²) in [6.45, 7) is 0. The summed E-state index contributed by atoms with van der Waals surface area (Å²) >= 11 is 2.29. The van der Waals surface area contributed by atoms with E-state index in [9.17, 15) is 0 Å². The molecule has 0 aliphatic carbocycles. The average Bonchev–Trinajstić information content (AvgIpc) is 3.16. The third kappa shape index (κ3) is 2.35. The Kier molecular flexibility index (Phi) is 3.03. The summed E-state index contributed by atoms with van der Waals surface area (Å²) in [5.41, 5.74) is 3.76. The first-order valence-corrected chi connectivity index (χ1v) is 7.67. The Bertz CT molecular complexity index is 910. The molecular weight excluding hydrogens is 375 g/mol. The van der Waals surface area contributed by atoms with Gasteiger partial charge in [0.05, 0.1) is 0 Å². The summed E-state index contributed by atoms with van der Waals surface area (Å²) < 4.78 is 9.08. The van der Waals surface area contributed by atoms with Crippen LogP contribution in [0, 0.1) is 3.57 Å². The molecule has 0 radical (unpaired) electrons. The lowest BCUT2D eigenvalue weighted by Crippen LogP contribution is -1.88. The van der Waals surface area contributed by atoms with E-state index in [0.717, 1.165) is 22.4 Å². The summed E-state index contributed by atoms with van der Waals surface area (Å²) in [4.78, 5) is 4.61. The highest BCUT2D eigenvalue weighted by Crippen LogP contribution is 2.26. The van der Waals surface area contributed by atoms with Crippen LogP contribution >= 0.6 is 22.6 Å². The van der Waals surface area contributed by atoms with Crippen molar-refractivity contribution in [1.29, 1.82) is 0 Å². The first-order valence-electron chi connectivity index (χ1n) is 6.59. The number of rotatable bonds is 2. The van der Waals surface area contributed by atoms with Crippen LogP contribution in [0.25, 0.3) is 28.2 Å². The quantitative estimate of drug-likeness (QED) is 0.460. The smallest absolute Gasteiger partial charge is 0.227 e. The molecule has 0 unspecified atom stereocenters. The molecule has 4 aromatic rings. The molecule has 2 heterocycles. The zero-order valence-electron chi connectivity index (χ0n) is 11.0. The van der Waals surface area contributed by atoms with Gasteiger partial charge in [-0.3, -0.25) is 0 Å². The van der Waals surface area contributed by atoms with E-state index in [1.165, 1.54) is 3.57 Å². The van der Waals surface area contributed by atoms with Crippen LogP contribution in [0.2, 0.25) is 0 Å². The Morgan fingerprint density at radius 2 is 1.81 bits per heavy atom. The van der Waals surface area contributed by atoms with Crippen molar-refractivity contribution in [3.8, 4) is 17.1 Å². The Morgan fingerprint density at radius 3 is 2.62 bits per heavy atom. The number of halogens is 1. The van der Waals surface area contributed by atoms with Crippen molar-refractivity contribution in [3.05, 3.63) is 70.6 Å². The monoisotopic (exact) mass is 386 g/mol. The van der Waals surface area contributed by atoms with Gasteiger partial charge in [0.2, 0.25) is 5.89 Å². The molecule has 0 aliphatic rings. The average molecular weight is 386 g/mol. The number of fused-ring (bicyclic) bond motifs is 1. The van der Waals surface area contributed by atoms with Gasteiger partial charge in [0.1, 0.15) is 5.52 Å². The van der Waals surface area contributed by atoms with E-state index in [2.05, 4.69) is 44.3 Å². The number of nitrogens with zero attached hydrogens (tertiary/aromatic N) is 2. The lowest BCUT2D eigenvalue weighted by Gasteiger charge is -2.00. The minimum atomic E-state index is 0.660. The van der Waals surface area contributed by atoms with E-state index in [4.69, 9.17) is 4.42 Å². The largest absolute Gasteiger partial charge is 0.436 e. The maximum atomic E-state index is 5.86. The van der Waals surface area contributed by atoms with Crippen molar-refractivity contribution in [3.63, 3.8) is 0 Å². The second-order valence-electron chi connectivity index (χ2n) is 4.77. The first-order chi connectivity index (χ1) is 10.3. The summed E-state index contributed by atoms with van der Waals surface area (Å²) in [5.74, 6) is 0.660. The van der Waals surface area contributed by atoms with Crippen LogP contribution in [0.15, 0.2) is 71.4 Å². The van der Waals surface area contributed by atoms with Crippen LogP contribution in [-0.2, 0) is 0 Å². The summed E-state index contributed by atoms with van der Waals surface area (Å²) in [7, 11) is 0. The normalized spacial score (nSPS) is 11.1. The van der Waals surface area contributed by atoms with Crippen molar-refractivity contribution in [2.75, 3.05) is 0 Å². The molecule has 21 heavy (non-hydrogen) atoms. The van der Waals surface area contributed by atoms with Gasteiger partial charge in [-0.25, -0.2) is 4.98 Å². The molecule has 0 atom stereocenters. The molecule has 0 N–H and O–H groups in total. The number of benzene rings is 2. The molecule has 0 saturated carbocycles. The molecule has 0 spiro atoms. The maximum Gasteiger partial charge on any atom is 0.227 e. The van der Waals surface area contributed by atoms with Crippen LogP contribution in [0.4, 0.5) is 0 Å². The van der Waals surface area contributed by atoms with Gasteiger partial charge in [-0.2, -0.15) is 0 Å². The molecule has 0 fully saturated rings. The van der Waals surface area contributed by atoms with Gasteiger partial charge in [0, 0.05) is 27.2 Å². The highest BCUT2D eigenvalue weighted by Gasteiger charge is 2.09. The lowest BCUT2D eigenvalue weighted by atomic mass is 10.2. The van der Waals surface area contributed by atoms with Crippen LogP contribution in [0.3, 0.4) is 0 Å². The molecule has 102 valence electrons. The van der Waals surface area contributed by atoms with Crippen molar-refractivity contribution in [2.24, 2.45) is 0 Å². The van der Waals surface area contributed by atoms with Gasteiger partial charge in [0.25, 0.3) is 0 Å². The fraction of sp³-hybridized carbons (Fsp3) is 0. The Labute approximate surface area is 135 Å². The molecule has 4 heteroatoms. The predicted molar refractivity (Wildman–Crippen MR) is 91.5 cm³/mol. The van der Waals surface area contributed by atoms with Crippen LogP contribution in [-0.4, -0.2) is 9.55 Å². The van der Waals surface area contributed by atoms with Gasteiger partial charge in [-0.1, -0.05) is 6.07 Å². The molecule has 0 aliphatic heterocycles. The predicted octanol–water partition coefficient (Wildman–Crippen LogP) is 4.89. The van der Waals surface area contributed by atoms with Crippen LogP contribution in [0.1, 0.15) is 0 Å². The molecule has 4 rings (SSSR count). The second kappa shape index (κ2) is 5.04. The van der Waals surface area contributed by atoms with Crippen molar-refractivity contribution in [2.45, 2.75) is 0 Å². The van der Waals surface area contributed by atoms with E-state index in [1.54, 1.807) is 0 Å².